The SMILES string of the molecule is Cc1ccc(S(=O)(=O)O)cc1.Cc1ccc(S(=O)(=O)O)cc1.Clc1ccc(N2C[C@H]3C[C@@H]2CN3)nn1. The molecule has 10 nitrogen and oxygen atoms in total. The highest BCUT2D eigenvalue weighted by Crippen LogP contribution is 2.27. The molecule has 2 aliphatic heterocycles. The number of nitrogens with one attached hydrogen (secondary N) is 1. The van der Waals surface area contributed by atoms with Crippen LogP contribution in [0.25, 0.3) is 0 Å². The van der Waals surface area contributed by atoms with E-state index in [2.05, 4.69) is 20.4 Å². The molecular weight excluding hydrogens is 528 g/mol. The average Bonchev–Trinajstić information content (AvgIpc) is 3.44. The van der Waals surface area contributed by atoms with Crippen LogP contribution in [0.15, 0.2) is 70.5 Å². The maximum Gasteiger partial charge on any atom is 0.294 e. The van der Waals surface area contributed by atoms with Crippen LogP contribution >= 0.6 is 11.6 Å². The van der Waals surface area contributed by atoms with E-state index in [-0.39, 0.29) is 9.79 Å². The van der Waals surface area contributed by atoms with Gasteiger partial charge in [0.05, 0.1) is 9.79 Å². The molecular formula is C23H27ClN4O6S2. The first-order valence-electron chi connectivity index (χ1n) is 10.9. The van der Waals surface area contributed by atoms with Gasteiger partial charge in [-0.25, -0.2) is 0 Å². The van der Waals surface area contributed by atoms with E-state index < -0.39 is 20.2 Å². The number of piperazine rings is 1. The van der Waals surface area contributed by atoms with Gasteiger partial charge < -0.3 is 10.2 Å². The standard InChI is InChI=1S/C9H11ClN4.2C7H8O3S/c10-8-1-2-9(13-12-8)14-5-6-3-7(14)4-11-6;2*1-6-2-4-7(5-3-6)11(8,9)10/h1-2,6-7,11H,3-5H2;2*2-5H,1H3,(H,8,9,10)/t6-,7-;;/m1../s1. The van der Waals surface area contributed by atoms with E-state index in [1.165, 1.54) is 30.7 Å². The zero-order valence-electron chi connectivity index (χ0n) is 19.6. The number of aryl methyl sites for hydroxylation is 2. The summed E-state index contributed by atoms with van der Waals surface area (Å²) in [4.78, 5) is 2.18. The summed E-state index contributed by atoms with van der Waals surface area (Å²) in [7, 11) is -8.04. The number of aromatic nitrogens is 2. The van der Waals surface area contributed by atoms with E-state index in [1.54, 1.807) is 30.3 Å². The van der Waals surface area contributed by atoms with Crippen LogP contribution in [0.2, 0.25) is 5.15 Å². The Morgan fingerprint density at radius 1 is 0.833 bits per heavy atom. The first kappa shape index (κ1) is 28.0. The summed E-state index contributed by atoms with van der Waals surface area (Å²) in [6, 6.07) is 16.9. The van der Waals surface area contributed by atoms with Gasteiger partial charge >= 0.3 is 0 Å². The number of nitrogens with zero attached hydrogens (tertiary/aromatic N) is 3. The Morgan fingerprint density at radius 3 is 1.67 bits per heavy atom. The van der Waals surface area contributed by atoms with E-state index in [0.29, 0.717) is 17.2 Å². The van der Waals surface area contributed by atoms with Crippen LogP contribution in [-0.4, -0.2) is 61.3 Å². The van der Waals surface area contributed by atoms with E-state index in [4.69, 9.17) is 20.7 Å². The minimum atomic E-state index is -4.02. The Balaban J connectivity index is 0.000000153. The second kappa shape index (κ2) is 11.6. The summed E-state index contributed by atoms with van der Waals surface area (Å²) in [5.41, 5.74) is 1.91. The molecule has 36 heavy (non-hydrogen) atoms. The van der Waals surface area contributed by atoms with Crippen LogP contribution in [-0.2, 0) is 20.2 Å². The lowest BCUT2D eigenvalue weighted by Gasteiger charge is -2.27. The number of benzene rings is 2. The molecule has 0 saturated carbocycles. The molecule has 3 heterocycles. The van der Waals surface area contributed by atoms with Crippen molar-refractivity contribution < 1.29 is 25.9 Å². The van der Waals surface area contributed by atoms with E-state index in [0.717, 1.165) is 30.0 Å². The van der Waals surface area contributed by atoms with Gasteiger partial charge in [-0.15, -0.1) is 10.2 Å². The third-order valence-corrected chi connectivity index (χ3v) is 7.54. The van der Waals surface area contributed by atoms with Crippen LogP contribution < -0.4 is 10.2 Å². The normalized spacial score (nSPS) is 18.6. The first-order valence-corrected chi connectivity index (χ1v) is 14.2. The number of fused-ring (bicyclic) bond motifs is 2. The van der Waals surface area contributed by atoms with Crippen molar-refractivity contribution in [2.24, 2.45) is 0 Å². The molecule has 0 radical (unpaired) electrons. The maximum absolute atomic E-state index is 10.5. The molecule has 3 aromatic rings. The van der Waals surface area contributed by atoms with Gasteiger partial charge in [0.25, 0.3) is 20.2 Å². The Labute approximate surface area is 215 Å². The predicted molar refractivity (Wildman–Crippen MR) is 137 cm³/mol. The number of hydrogen-bond donors (Lipinski definition) is 3. The molecule has 0 spiro atoms. The number of anilines is 1. The third kappa shape index (κ3) is 7.95. The van der Waals surface area contributed by atoms with Crippen LogP contribution in [0, 0.1) is 13.8 Å². The van der Waals surface area contributed by atoms with Crippen molar-refractivity contribution >= 4 is 37.7 Å². The van der Waals surface area contributed by atoms with E-state index in [1.807, 2.05) is 19.9 Å². The fraction of sp³-hybridized carbons (Fsp3) is 0.304. The average molecular weight is 555 g/mol. The molecule has 2 bridgehead atoms. The molecule has 5 rings (SSSR count). The Hall–Kier alpha value is -2.61. The summed E-state index contributed by atoms with van der Waals surface area (Å²) in [6.07, 6.45) is 1.23. The summed E-state index contributed by atoms with van der Waals surface area (Å²) in [6.45, 7) is 5.79. The lowest BCUT2D eigenvalue weighted by Crippen LogP contribution is -2.44. The largest absolute Gasteiger partial charge is 0.349 e. The predicted octanol–water partition coefficient (Wildman–Crippen LogP) is 3.16. The van der Waals surface area contributed by atoms with Gasteiger partial charge in [0, 0.05) is 25.2 Å². The quantitative estimate of drug-likeness (QED) is 0.412. The van der Waals surface area contributed by atoms with Crippen molar-refractivity contribution in [3.05, 3.63) is 76.9 Å². The van der Waals surface area contributed by atoms with Crippen molar-refractivity contribution in [3.63, 3.8) is 0 Å². The highest BCUT2D eigenvalue weighted by Gasteiger charge is 2.38. The highest BCUT2D eigenvalue weighted by molar-refractivity contribution is 7.86. The second-order valence-corrected chi connectivity index (χ2v) is 11.7. The third-order valence-electron chi connectivity index (χ3n) is 5.61. The minimum Gasteiger partial charge on any atom is -0.349 e. The molecule has 0 aliphatic carbocycles. The number of rotatable bonds is 3. The van der Waals surface area contributed by atoms with Crippen molar-refractivity contribution in [3.8, 4) is 0 Å². The molecule has 2 atom stereocenters. The second-order valence-electron chi connectivity index (χ2n) is 8.44. The lowest BCUT2D eigenvalue weighted by molar-refractivity contribution is 0.481. The van der Waals surface area contributed by atoms with Crippen LogP contribution in [0.5, 0.6) is 0 Å². The first-order chi connectivity index (χ1) is 16.8. The van der Waals surface area contributed by atoms with E-state index >= 15 is 0 Å². The molecule has 194 valence electrons. The van der Waals surface area contributed by atoms with Gasteiger partial charge in [-0.05, 0) is 56.7 Å². The summed E-state index contributed by atoms with van der Waals surface area (Å²) >= 11 is 5.69. The van der Waals surface area contributed by atoms with Gasteiger partial charge in [0.15, 0.2) is 11.0 Å². The van der Waals surface area contributed by atoms with Crippen molar-refractivity contribution in [1.82, 2.24) is 15.5 Å². The molecule has 2 fully saturated rings. The van der Waals surface area contributed by atoms with Crippen molar-refractivity contribution in [2.45, 2.75) is 42.1 Å². The van der Waals surface area contributed by atoms with Gasteiger partial charge in [0.1, 0.15) is 0 Å². The topological polar surface area (TPSA) is 150 Å². The zero-order chi connectivity index (χ0) is 26.5. The Bertz CT molecular complexity index is 1290. The molecule has 13 heteroatoms. The highest BCUT2D eigenvalue weighted by atomic mass is 35.5. The van der Waals surface area contributed by atoms with Crippen LogP contribution in [0.3, 0.4) is 0 Å². The molecule has 0 unspecified atom stereocenters. The van der Waals surface area contributed by atoms with Crippen molar-refractivity contribution in [2.75, 3.05) is 18.0 Å². The van der Waals surface area contributed by atoms with Crippen LogP contribution in [0.1, 0.15) is 17.5 Å². The minimum absolute atomic E-state index is 0.0666. The fourth-order valence-electron chi connectivity index (χ4n) is 3.72. The molecule has 3 N–H and O–H groups in total. The lowest BCUT2D eigenvalue weighted by atomic mass is 10.2. The zero-order valence-corrected chi connectivity index (χ0v) is 22.0. The summed E-state index contributed by atoms with van der Waals surface area (Å²) in [5.74, 6) is 0.948. The smallest absolute Gasteiger partial charge is 0.294 e. The molecule has 2 aliphatic rings. The molecule has 2 aromatic carbocycles. The van der Waals surface area contributed by atoms with Crippen LogP contribution in [0.4, 0.5) is 5.82 Å². The monoisotopic (exact) mass is 554 g/mol. The Morgan fingerprint density at radius 2 is 1.33 bits per heavy atom. The maximum atomic E-state index is 10.5. The summed E-state index contributed by atoms with van der Waals surface area (Å²) in [5, 5.41) is 11.9. The molecule has 2 saturated heterocycles. The van der Waals surface area contributed by atoms with Gasteiger partial charge in [-0.3, -0.25) is 9.11 Å². The fourth-order valence-corrected chi connectivity index (χ4v) is 4.78. The Kier molecular flexibility index (Phi) is 9.03. The van der Waals surface area contributed by atoms with Gasteiger partial charge in [-0.2, -0.15) is 16.8 Å². The summed E-state index contributed by atoms with van der Waals surface area (Å²) < 4.78 is 59.1. The van der Waals surface area contributed by atoms with Gasteiger partial charge in [-0.1, -0.05) is 47.0 Å². The molecule has 1 aromatic heterocycles. The van der Waals surface area contributed by atoms with Crippen molar-refractivity contribution in [1.29, 1.82) is 0 Å². The number of hydrogen-bond acceptors (Lipinski definition) is 8. The van der Waals surface area contributed by atoms with E-state index in [9.17, 15) is 16.8 Å². The van der Waals surface area contributed by atoms with Gasteiger partial charge in [0.2, 0.25) is 0 Å². The molecule has 0 amide bonds. The number of halogens is 1.